The maximum absolute atomic E-state index is 12.2. The molecule has 20 heavy (non-hydrogen) atoms. The average Bonchev–Trinajstić information content (AvgIpc) is 2.44. The van der Waals surface area contributed by atoms with Gasteiger partial charge in [-0.3, -0.25) is 4.79 Å². The van der Waals surface area contributed by atoms with E-state index in [2.05, 4.69) is 9.46 Å². The third kappa shape index (κ3) is 2.73. The minimum absolute atomic E-state index is 0.00481. The largest absolute Gasteiger partial charge is 0.507 e. The second-order valence-corrected chi connectivity index (χ2v) is 5.76. The van der Waals surface area contributed by atoms with Crippen molar-refractivity contribution < 1.29 is 23.1 Å². The van der Waals surface area contributed by atoms with E-state index in [1.807, 2.05) is 0 Å². The monoisotopic (exact) mass is 295 g/mol. The Bertz CT molecular complexity index is 754. The van der Waals surface area contributed by atoms with Crippen LogP contribution in [0.2, 0.25) is 0 Å². The summed E-state index contributed by atoms with van der Waals surface area (Å²) in [7, 11) is -2.70. The lowest BCUT2D eigenvalue weighted by molar-refractivity contribution is -0.139. The molecule has 0 radical (unpaired) electrons. The first-order valence-corrected chi connectivity index (χ1v) is 7.21. The number of aromatic hydroxyl groups is 1. The van der Waals surface area contributed by atoms with Crippen molar-refractivity contribution in [2.45, 2.75) is 4.90 Å². The van der Waals surface area contributed by atoms with Crippen molar-refractivity contribution in [3.05, 3.63) is 36.4 Å². The van der Waals surface area contributed by atoms with Gasteiger partial charge in [0.05, 0.1) is 12.0 Å². The Morgan fingerprint density at radius 3 is 2.55 bits per heavy atom. The lowest BCUT2D eigenvalue weighted by Gasteiger charge is -2.09. The van der Waals surface area contributed by atoms with Gasteiger partial charge in [-0.2, -0.15) is 4.72 Å². The van der Waals surface area contributed by atoms with E-state index in [1.54, 1.807) is 18.2 Å². The smallest absolute Gasteiger partial charge is 0.320 e. The van der Waals surface area contributed by atoms with Crippen LogP contribution in [0.15, 0.2) is 41.3 Å². The summed E-state index contributed by atoms with van der Waals surface area (Å²) < 4.78 is 30.9. The Morgan fingerprint density at radius 1 is 1.20 bits per heavy atom. The zero-order chi connectivity index (χ0) is 14.8. The van der Waals surface area contributed by atoms with E-state index in [9.17, 15) is 18.3 Å². The minimum Gasteiger partial charge on any atom is -0.507 e. The Hall–Kier alpha value is -2.12. The first kappa shape index (κ1) is 14.3. The van der Waals surface area contributed by atoms with Gasteiger partial charge in [-0.25, -0.2) is 8.42 Å². The molecule has 6 nitrogen and oxygen atoms in total. The lowest BCUT2D eigenvalue weighted by atomic mass is 10.1. The predicted octanol–water partition coefficient (Wildman–Crippen LogP) is 0.997. The second kappa shape index (κ2) is 5.48. The van der Waals surface area contributed by atoms with Gasteiger partial charge in [0.1, 0.15) is 12.3 Å². The number of carbonyl (C=O) groups is 1. The minimum atomic E-state index is -3.87. The highest BCUT2D eigenvalue weighted by Gasteiger charge is 2.19. The van der Waals surface area contributed by atoms with Crippen LogP contribution in [-0.4, -0.2) is 33.1 Å². The highest BCUT2D eigenvalue weighted by molar-refractivity contribution is 7.89. The number of phenolic OH excluding ortho intramolecular Hbond substituents is 1. The van der Waals surface area contributed by atoms with E-state index >= 15 is 0 Å². The van der Waals surface area contributed by atoms with Gasteiger partial charge in [0.15, 0.2) is 0 Å². The van der Waals surface area contributed by atoms with Gasteiger partial charge < -0.3 is 9.84 Å². The van der Waals surface area contributed by atoms with Gasteiger partial charge in [0.25, 0.3) is 0 Å². The van der Waals surface area contributed by atoms with Gasteiger partial charge in [0.2, 0.25) is 10.0 Å². The van der Waals surface area contributed by atoms with Crippen molar-refractivity contribution in [1.82, 2.24) is 4.72 Å². The van der Waals surface area contributed by atoms with E-state index in [0.717, 1.165) is 0 Å². The molecule has 0 amide bonds. The van der Waals surface area contributed by atoms with Gasteiger partial charge in [0, 0.05) is 10.8 Å². The topological polar surface area (TPSA) is 92.7 Å². The quantitative estimate of drug-likeness (QED) is 0.821. The van der Waals surface area contributed by atoms with Gasteiger partial charge in [-0.05, 0) is 12.1 Å². The van der Waals surface area contributed by atoms with Crippen LogP contribution in [0, 0.1) is 0 Å². The normalized spacial score (nSPS) is 11.4. The van der Waals surface area contributed by atoms with E-state index in [0.29, 0.717) is 10.8 Å². The fourth-order valence-corrected chi connectivity index (χ4v) is 2.99. The van der Waals surface area contributed by atoms with Crippen LogP contribution in [-0.2, 0) is 19.6 Å². The van der Waals surface area contributed by atoms with Crippen LogP contribution in [0.4, 0.5) is 0 Å². The molecule has 0 fully saturated rings. The first-order chi connectivity index (χ1) is 9.45. The summed E-state index contributed by atoms with van der Waals surface area (Å²) in [6, 6.07) is 9.15. The van der Waals surface area contributed by atoms with E-state index in [1.165, 1.54) is 25.3 Å². The third-order valence-electron chi connectivity index (χ3n) is 2.78. The number of hydrogen-bond acceptors (Lipinski definition) is 5. The molecule has 0 atom stereocenters. The number of phenols is 1. The van der Waals surface area contributed by atoms with Crippen molar-refractivity contribution in [2.75, 3.05) is 13.7 Å². The fourth-order valence-electron chi connectivity index (χ4n) is 1.80. The van der Waals surface area contributed by atoms with Crippen LogP contribution >= 0.6 is 0 Å². The predicted molar refractivity (Wildman–Crippen MR) is 72.8 cm³/mol. The number of fused-ring (bicyclic) bond motifs is 1. The molecule has 2 aromatic carbocycles. The number of methoxy groups -OCH3 is 1. The molecule has 106 valence electrons. The first-order valence-electron chi connectivity index (χ1n) is 5.73. The van der Waals surface area contributed by atoms with Crippen LogP contribution in [0.1, 0.15) is 0 Å². The van der Waals surface area contributed by atoms with Crippen LogP contribution in [0.25, 0.3) is 10.8 Å². The third-order valence-corrected chi connectivity index (χ3v) is 4.24. The summed E-state index contributed by atoms with van der Waals surface area (Å²) in [6.45, 7) is -0.450. The van der Waals surface area contributed by atoms with Crippen molar-refractivity contribution in [2.24, 2.45) is 0 Å². The summed E-state index contributed by atoms with van der Waals surface area (Å²) in [6.07, 6.45) is 0. The van der Waals surface area contributed by atoms with Crippen molar-refractivity contribution >= 4 is 26.8 Å². The maximum Gasteiger partial charge on any atom is 0.320 e. The molecule has 2 rings (SSSR count). The molecule has 7 heteroatoms. The highest BCUT2D eigenvalue weighted by Crippen LogP contribution is 2.29. The maximum atomic E-state index is 12.2. The zero-order valence-corrected chi connectivity index (χ0v) is 11.5. The van der Waals surface area contributed by atoms with Crippen molar-refractivity contribution in [3.63, 3.8) is 0 Å². The van der Waals surface area contributed by atoms with Crippen molar-refractivity contribution in [1.29, 1.82) is 0 Å². The van der Waals surface area contributed by atoms with Crippen LogP contribution < -0.4 is 4.72 Å². The molecule has 0 saturated heterocycles. The van der Waals surface area contributed by atoms with Crippen LogP contribution in [0.5, 0.6) is 5.75 Å². The molecule has 0 unspecified atom stereocenters. The van der Waals surface area contributed by atoms with Gasteiger partial charge in [-0.1, -0.05) is 24.3 Å². The fraction of sp³-hybridized carbons (Fsp3) is 0.154. The molecule has 0 aliphatic rings. The number of sulfonamides is 1. The molecule has 0 spiro atoms. The molecule has 2 N–H and O–H groups in total. The number of nitrogens with one attached hydrogen (secondary N) is 1. The molecule has 0 bridgehead atoms. The lowest BCUT2D eigenvalue weighted by Crippen LogP contribution is -2.30. The van der Waals surface area contributed by atoms with E-state index in [4.69, 9.17) is 0 Å². The number of carbonyl (C=O) groups excluding carboxylic acids is 1. The Morgan fingerprint density at radius 2 is 1.85 bits per heavy atom. The molecule has 0 saturated carbocycles. The molecule has 0 aromatic heterocycles. The highest BCUT2D eigenvalue weighted by atomic mass is 32.2. The summed E-state index contributed by atoms with van der Waals surface area (Å²) in [5, 5.41) is 10.5. The molecule has 0 aliphatic carbocycles. The number of hydrogen-bond donors (Lipinski definition) is 2. The van der Waals surface area contributed by atoms with Crippen LogP contribution in [0.3, 0.4) is 0 Å². The standard InChI is InChI=1S/C13H13NO5S/c1-19-13(16)8-14-20(17,18)12-7-3-4-9-10(12)5-2-6-11(9)15/h2-7,14-15H,8H2,1H3. The number of esters is 1. The van der Waals surface area contributed by atoms with E-state index in [-0.39, 0.29) is 10.6 Å². The van der Waals surface area contributed by atoms with Gasteiger partial charge >= 0.3 is 5.97 Å². The average molecular weight is 295 g/mol. The summed E-state index contributed by atoms with van der Waals surface area (Å²) in [5.74, 6) is -0.691. The molecular formula is C13H13NO5S. The van der Waals surface area contributed by atoms with Crippen molar-refractivity contribution in [3.8, 4) is 5.75 Å². The Labute approximate surface area is 116 Å². The summed E-state index contributed by atoms with van der Waals surface area (Å²) in [5.41, 5.74) is 0. The SMILES string of the molecule is COC(=O)CNS(=O)(=O)c1cccc2c(O)cccc12. The Balaban J connectivity index is 2.47. The van der Waals surface area contributed by atoms with E-state index < -0.39 is 22.5 Å². The number of benzene rings is 2. The summed E-state index contributed by atoms with van der Waals surface area (Å²) >= 11 is 0. The van der Waals surface area contributed by atoms with Gasteiger partial charge in [-0.15, -0.1) is 0 Å². The molecule has 0 heterocycles. The second-order valence-electron chi connectivity index (χ2n) is 4.03. The zero-order valence-electron chi connectivity index (χ0n) is 10.7. The number of ether oxygens (including phenoxy) is 1. The molecule has 2 aromatic rings. The number of rotatable bonds is 4. The Kier molecular flexibility index (Phi) is 3.91. The summed E-state index contributed by atoms with van der Waals surface area (Å²) in [4.78, 5) is 11.0. The molecular weight excluding hydrogens is 282 g/mol. The molecule has 0 aliphatic heterocycles.